The molecule has 0 aliphatic rings. The molecule has 0 unspecified atom stereocenters. The van der Waals surface area contributed by atoms with Crippen molar-refractivity contribution in [3.8, 4) is 0 Å². The first kappa shape index (κ1) is 8.91. The molecule has 0 aromatic heterocycles. The van der Waals surface area contributed by atoms with Gasteiger partial charge in [0.25, 0.3) is 0 Å². The van der Waals surface area contributed by atoms with Gasteiger partial charge in [-0.15, -0.1) is 0 Å². The summed E-state index contributed by atoms with van der Waals surface area (Å²) >= 11 is 0.776. The molecule has 3 heteroatoms. The molecule has 0 spiro atoms. The van der Waals surface area contributed by atoms with E-state index in [1.807, 2.05) is 0 Å². The van der Waals surface area contributed by atoms with Gasteiger partial charge in [-0.2, -0.15) is 0 Å². The predicted octanol–water partition coefficient (Wildman–Crippen LogP) is 1.65. The second-order valence-electron chi connectivity index (χ2n) is 1.52. The van der Waals surface area contributed by atoms with Crippen LogP contribution in [0.3, 0.4) is 0 Å². The third kappa shape index (κ3) is 7.91. The Morgan fingerprint density at radius 1 is 1.67 bits per heavy atom. The number of isocyanates is 1. The Morgan fingerprint density at radius 3 is 3.00 bits per heavy atom. The summed E-state index contributed by atoms with van der Waals surface area (Å²) < 4.78 is 0. The van der Waals surface area contributed by atoms with Crippen molar-refractivity contribution in [2.75, 3.05) is 6.54 Å². The van der Waals surface area contributed by atoms with Gasteiger partial charge in [-0.3, -0.25) is 0 Å². The third-order valence-electron chi connectivity index (χ3n) is 0.827. The SMILES string of the molecule is C[CH2][Cr][CH2]CCN=C=O. The Balaban J connectivity index is 2.82. The van der Waals surface area contributed by atoms with Crippen molar-refractivity contribution in [2.24, 2.45) is 4.99 Å². The average molecular weight is 165 g/mol. The van der Waals surface area contributed by atoms with Crippen molar-refractivity contribution in [1.29, 1.82) is 0 Å². The van der Waals surface area contributed by atoms with Crippen LogP contribution in [0.5, 0.6) is 0 Å². The van der Waals surface area contributed by atoms with Gasteiger partial charge in [0.1, 0.15) is 0 Å². The second kappa shape index (κ2) is 7.91. The molecule has 2 nitrogen and oxygen atoms in total. The van der Waals surface area contributed by atoms with E-state index in [9.17, 15) is 4.79 Å². The number of hydrogen-bond donors (Lipinski definition) is 0. The van der Waals surface area contributed by atoms with Crippen molar-refractivity contribution in [3.63, 3.8) is 0 Å². The summed E-state index contributed by atoms with van der Waals surface area (Å²) in [4.78, 5) is 13.0. The van der Waals surface area contributed by atoms with Crippen LogP contribution in [-0.4, -0.2) is 12.6 Å². The van der Waals surface area contributed by atoms with Crippen LogP contribution in [0.2, 0.25) is 10.6 Å². The minimum atomic E-state index is 0.672. The van der Waals surface area contributed by atoms with Crippen LogP contribution < -0.4 is 0 Å². The van der Waals surface area contributed by atoms with Gasteiger partial charge in [-0.25, -0.2) is 0 Å². The van der Waals surface area contributed by atoms with Crippen LogP contribution in [0, 0.1) is 0 Å². The maximum atomic E-state index is 9.55. The number of hydrogen-bond acceptors (Lipinski definition) is 2. The standard InChI is InChI=1S/C4H6NO.C2H5.Cr/c1-2-3-5-4-6;1-2;/h1-3H2;1H2,2H3;. The Labute approximate surface area is 62.1 Å². The zero-order chi connectivity index (χ0) is 6.95. The normalized spacial score (nSPS) is 8.56. The summed E-state index contributed by atoms with van der Waals surface area (Å²) in [6.45, 7) is 2.86. The number of rotatable bonds is 5. The van der Waals surface area contributed by atoms with Crippen LogP contribution in [-0.2, 0) is 20.0 Å². The van der Waals surface area contributed by atoms with Gasteiger partial charge >= 0.3 is 61.5 Å². The summed E-state index contributed by atoms with van der Waals surface area (Å²) in [6, 6.07) is 0. The molecule has 0 aliphatic heterocycles. The molecule has 0 amide bonds. The fraction of sp³-hybridized carbons (Fsp3) is 0.833. The van der Waals surface area contributed by atoms with Crippen LogP contribution in [0.4, 0.5) is 0 Å². The van der Waals surface area contributed by atoms with E-state index in [0.717, 1.165) is 21.6 Å². The second-order valence-corrected chi connectivity index (χ2v) is 3.70. The van der Waals surface area contributed by atoms with E-state index in [2.05, 4.69) is 11.9 Å². The first-order valence-corrected chi connectivity index (χ1v) is 4.83. The molecule has 0 bridgehead atoms. The molecule has 0 fully saturated rings. The van der Waals surface area contributed by atoms with Gasteiger partial charge in [0, 0.05) is 0 Å². The van der Waals surface area contributed by atoms with E-state index in [1.54, 1.807) is 0 Å². The number of nitrogens with zero attached hydrogens (tertiary/aromatic N) is 1. The molecule has 0 atom stereocenters. The molecule has 0 saturated heterocycles. The Bertz CT molecular complexity index is 99.2. The molecule has 0 radical (unpaired) electrons. The Morgan fingerprint density at radius 2 is 2.44 bits per heavy atom. The van der Waals surface area contributed by atoms with Crippen molar-refractivity contribution < 1.29 is 20.0 Å². The Hall–Kier alpha value is -0.0875. The molecule has 0 rings (SSSR count). The first-order valence-electron chi connectivity index (χ1n) is 3.03. The maximum absolute atomic E-state index is 9.55. The molecule has 0 heterocycles. The molecular weight excluding hydrogens is 154 g/mol. The first-order chi connectivity index (χ1) is 4.41. The molecule has 0 aromatic carbocycles. The van der Waals surface area contributed by atoms with Gasteiger partial charge in [-0.05, 0) is 0 Å². The predicted molar refractivity (Wildman–Crippen MR) is 32.9 cm³/mol. The van der Waals surface area contributed by atoms with E-state index in [0.29, 0.717) is 6.54 Å². The summed E-state index contributed by atoms with van der Waals surface area (Å²) in [7, 11) is 0. The average Bonchev–Trinajstić information content (AvgIpc) is 1.89. The van der Waals surface area contributed by atoms with Gasteiger partial charge in [-0.1, -0.05) is 0 Å². The molecule has 9 heavy (non-hydrogen) atoms. The van der Waals surface area contributed by atoms with Crippen LogP contribution in [0.25, 0.3) is 0 Å². The molecule has 0 aliphatic carbocycles. The quantitative estimate of drug-likeness (QED) is 0.346. The van der Waals surface area contributed by atoms with Gasteiger partial charge in [0.2, 0.25) is 0 Å². The van der Waals surface area contributed by atoms with E-state index >= 15 is 0 Å². The fourth-order valence-electron chi connectivity index (χ4n) is 0.436. The monoisotopic (exact) mass is 165 g/mol. The number of carbonyl (C=O) groups excluding carboxylic acids is 1. The third-order valence-corrected chi connectivity index (χ3v) is 2.37. The molecular formula is C6H11CrNO. The van der Waals surface area contributed by atoms with E-state index in [1.165, 1.54) is 16.6 Å². The van der Waals surface area contributed by atoms with Crippen molar-refractivity contribution >= 4 is 6.08 Å². The topological polar surface area (TPSA) is 29.4 Å². The van der Waals surface area contributed by atoms with Crippen LogP contribution in [0.1, 0.15) is 13.3 Å². The molecule has 52 valence electrons. The van der Waals surface area contributed by atoms with Crippen LogP contribution >= 0.6 is 0 Å². The summed E-state index contributed by atoms with van der Waals surface area (Å²) in [5.74, 6) is 0. The summed E-state index contributed by atoms with van der Waals surface area (Å²) in [5.41, 5.74) is 0. The molecule has 0 aromatic rings. The van der Waals surface area contributed by atoms with Gasteiger partial charge in [0.15, 0.2) is 0 Å². The molecule has 0 N–H and O–H groups in total. The van der Waals surface area contributed by atoms with E-state index in [4.69, 9.17) is 0 Å². The molecule has 0 saturated carbocycles. The Kier molecular flexibility index (Phi) is 7.84. The summed E-state index contributed by atoms with van der Waals surface area (Å²) in [5, 5.41) is 2.53. The van der Waals surface area contributed by atoms with Crippen LogP contribution in [0.15, 0.2) is 4.99 Å². The van der Waals surface area contributed by atoms with Crippen molar-refractivity contribution in [1.82, 2.24) is 0 Å². The zero-order valence-corrected chi connectivity index (χ0v) is 6.87. The van der Waals surface area contributed by atoms with Crippen molar-refractivity contribution in [3.05, 3.63) is 0 Å². The minimum absolute atomic E-state index is 0.672. The van der Waals surface area contributed by atoms with E-state index in [-0.39, 0.29) is 0 Å². The summed E-state index contributed by atoms with van der Waals surface area (Å²) in [6.07, 6.45) is 2.59. The zero-order valence-electron chi connectivity index (χ0n) is 5.59. The van der Waals surface area contributed by atoms with Crippen molar-refractivity contribution in [2.45, 2.75) is 23.9 Å². The van der Waals surface area contributed by atoms with E-state index < -0.39 is 0 Å². The fourth-order valence-corrected chi connectivity index (χ4v) is 1.41. The van der Waals surface area contributed by atoms with Gasteiger partial charge in [0.05, 0.1) is 0 Å². The number of aliphatic imine (C=N–C) groups is 1. The van der Waals surface area contributed by atoms with Gasteiger partial charge < -0.3 is 0 Å².